The van der Waals surface area contributed by atoms with Gasteiger partial charge in [0.1, 0.15) is 10.0 Å². The molecule has 1 aliphatic rings. The van der Waals surface area contributed by atoms with Gasteiger partial charge in [0.05, 0.1) is 18.7 Å². The molecule has 0 atom stereocenters. The quantitative estimate of drug-likeness (QED) is 0.368. The maximum Gasteiger partial charge on any atom is 0.242 e. The van der Waals surface area contributed by atoms with Crippen molar-refractivity contribution in [3.8, 4) is 11.5 Å². The molecule has 1 aromatic carbocycles. The summed E-state index contributed by atoms with van der Waals surface area (Å²) in [4.78, 5) is 6.40. The number of ether oxygens (including phenoxy) is 2. The highest BCUT2D eigenvalue weighted by Gasteiger charge is 2.19. The van der Waals surface area contributed by atoms with E-state index in [4.69, 9.17) is 21.1 Å². The molecular weight excluding hydrogens is 506 g/mol. The summed E-state index contributed by atoms with van der Waals surface area (Å²) in [5, 5.41) is 0.233. The first-order valence-corrected chi connectivity index (χ1v) is 12.8. The lowest BCUT2D eigenvalue weighted by atomic mass is 9.98. The molecule has 0 amide bonds. The van der Waals surface area contributed by atoms with E-state index in [1.807, 2.05) is 0 Å². The molecule has 0 bridgehead atoms. The number of fused-ring (bicyclic) bond motifs is 1. The molecule has 0 saturated heterocycles. The molecule has 0 fully saturated rings. The van der Waals surface area contributed by atoms with E-state index in [1.165, 1.54) is 23.4 Å². The average molecular weight is 533 g/mol. The molecule has 170 valence electrons. The molecule has 2 aromatic rings. The van der Waals surface area contributed by atoms with Gasteiger partial charge in [0, 0.05) is 25.8 Å². The minimum absolute atomic E-state index is 0.0998. The highest BCUT2D eigenvalue weighted by atomic mass is 79.9. The number of rotatable bonds is 10. The van der Waals surface area contributed by atoms with Crippen LogP contribution >= 0.6 is 27.5 Å². The lowest BCUT2D eigenvalue weighted by Crippen LogP contribution is -2.31. The number of nitrogens with zero attached hydrogens (tertiary/aromatic N) is 2. The first kappa shape index (κ1) is 24.3. The van der Waals surface area contributed by atoms with E-state index >= 15 is 0 Å². The molecule has 7 nitrogen and oxygen atoms in total. The third-order valence-corrected chi connectivity index (χ3v) is 7.88. The molecule has 31 heavy (non-hydrogen) atoms. The zero-order valence-corrected chi connectivity index (χ0v) is 20.8. The van der Waals surface area contributed by atoms with E-state index in [0.29, 0.717) is 11.0 Å². The molecule has 2 heterocycles. The second kappa shape index (κ2) is 11.0. The first-order valence-electron chi connectivity index (χ1n) is 10.1. The van der Waals surface area contributed by atoms with Crippen molar-refractivity contribution in [2.45, 2.75) is 37.1 Å². The van der Waals surface area contributed by atoms with Gasteiger partial charge in [-0.2, -0.15) is 0 Å². The fourth-order valence-corrected chi connectivity index (χ4v) is 5.26. The number of aromatic nitrogens is 1. The largest absolute Gasteiger partial charge is 0.493 e. The van der Waals surface area contributed by atoms with Crippen LogP contribution in [0.2, 0.25) is 5.15 Å². The van der Waals surface area contributed by atoms with Gasteiger partial charge in [-0.25, -0.2) is 18.1 Å². The highest BCUT2D eigenvalue weighted by molar-refractivity contribution is 9.10. The molecule has 1 aromatic heterocycles. The molecule has 0 unspecified atom stereocenters. The Hall–Kier alpha value is -1.39. The smallest absolute Gasteiger partial charge is 0.242 e. The van der Waals surface area contributed by atoms with Gasteiger partial charge in [0.15, 0.2) is 11.5 Å². The highest BCUT2D eigenvalue weighted by Crippen LogP contribution is 2.33. The van der Waals surface area contributed by atoms with Crippen LogP contribution in [0.1, 0.15) is 30.4 Å². The third-order valence-electron chi connectivity index (χ3n) is 5.32. The first-order chi connectivity index (χ1) is 14.8. The van der Waals surface area contributed by atoms with Crippen LogP contribution in [0.5, 0.6) is 11.5 Å². The van der Waals surface area contributed by atoms with Crippen molar-refractivity contribution in [1.29, 1.82) is 0 Å². The van der Waals surface area contributed by atoms with E-state index in [2.05, 4.69) is 42.7 Å². The Bertz CT molecular complexity index is 1020. The van der Waals surface area contributed by atoms with Crippen LogP contribution in [0.3, 0.4) is 0 Å². The summed E-state index contributed by atoms with van der Waals surface area (Å²) in [7, 11) is -0.275. The number of nitrogens with one attached hydrogen (secondary N) is 1. The Morgan fingerprint density at radius 1 is 1.13 bits per heavy atom. The van der Waals surface area contributed by atoms with Gasteiger partial charge in [-0.3, -0.25) is 4.90 Å². The zero-order chi connectivity index (χ0) is 22.4. The molecule has 1 aliphatic heterocycles. The van der Waals surface area contributed by atoms with Crippen molar-refractivity contribution >= 4 is 37.6 Å². The van der Waals surface area contributed by atoms with Gasteiger partial charge < -0.3 is 9.47 Å². The van der Waals surface area contributed by atoms with Crippen molar-refractivity contribution in [2.24, 2.45) is 0 Å². The van der Waals surface area contributed by atoms with Crippen LogP contribution in [0.15, 0.2) is 33.8 Å². The van der Waals surface area contributed by atoms with Crippen molar-refractivity contribution in [2.75, 3.05) is 33.9 Å². The van der Waals surface area contributed by atoms with Gasteiger partial charge in [-0.15, -0.1) is 0 Å². The summed E-state index contributed by atoms with van der Waals surface area (Å²) in [5.41, 5.74) is 2.59. The Kier molecular flexibility index (Phi) is 8.58. The molecule has 1 N–H and O–H groups in total. The Balaban J connectivity index is 1.41. The molecule has 0 spiro atoms. The second-order valence-electron chi connectivity index (χ2n) is 7.40. The lowest BCUT2D eigenvalue weighted by molar-refractivity contribution is 0.247. The van der Waals surface area contributed by atoms with Crippen LogP contribution in [0.25, 0.3) is 0 Å². The fourth-order valence-electron chi connectivity index (χ4n) is 3.61. The predicted molar refractivity (Wildman–Crippen MR) is 125 cm³/mol. The van der Waals surface area contributed by atoms with E-state index in [-0.39, 0.29) is 10.0 Å². The van der Waals surface area contributed by atoms with Gasteiger partial charge in [0.25, 0.3) is 0 Å². The number of halogens is 2. The van der Waals surface area contributed by atoms with Crippen LogP contribution in [0.4, 0.5) is 0 Å². The topological polar surface area (TPSA) is 80.8 Å². The van der Waals surface area contributed by atoms with Gasteiger partial charge in [-0.1, -0.05) is 18.0 Å². The van der Waals surface area contributed by atoms with Crippen molar-refractivity contribution in [3.05, 3.63) is 45.1 Å². The summed E-state index contributed by atoms with van der Waals surface area (Å²) in [6.07, 6.45) is 4.98. The van der Waals surface area contributed by atoms with Crippen LogP contribution in [-0.4, -0.2) is 52.2 Å². The second-order valence-corrected chi connectivity index (χ2v) is 10.4. The Morgan fingerprint density at radius 3 is 2.52 bits per heavy atom. The normalized spacial score (nSPS) is 14.3. The number of pyridine rings is 1. The minimum atomic E-state index is -3.59. The summed E-state index contributed by atoms with van der Waals surface area (Å²) in [5.74, 6) is 1.54. The molecule has 3 rings (SSSR count). The third kappa shape index (κ3) is 6.32. The molecule has 0 radical (unpaired) electrons. The zero-order valence-electron chi connectivity index (χ0n) is 17.7. The van der Waals surface area contributed by atoms with Crippen LogP contribution in [-0.2, 0) is 23.0 Å². The van der Waals surface area contributed by atoms with Crippen molar-refractivity contribution in [1.82, 2.24) is 14.6 Å². The fraction of sp³-hybridized carbons (Fsp3) is 0.476. The van der Waals surface area contributed by atoms with Crippen LogP contribution in [0, 0.1) is 0 Å². The lowest BCUT2D eigenvalue weighted by Gasteiger charge is -2.29. The minimum Gasteiger partial charge on any atom is -0.493 e. The Morgan fingerprint density at radius 2 is 1.84 bits per heavy atom. The number of methoxy groups -OCH3 is 2. The number of unbranched alkanes of at least 4 members (excludes halogenated alkanes) is 2. The average Bonchev–Trinajstić information content (AvgIpc) is 2.76. The molecule has 10 heteroatoms. The van der Waals surface area contributed by atoms with Crippen molar-refractivity contribution < 1.29 is 17.9 Å². The van der Waals surface area contributed by atoms with Gasteiger partial charge in [0.2, 0.25) is 10.0 Å². The molecule has 0 aliphatic carbocycles. The van der Waals surface area contributed by atoms with E-state index in [9.17, 15) is 8.42 Å². The standard InChI is InChI=1S/C21H27BrClN3O4S/c1-29-19-10-15-6-9-26(14-16(15)11-20(19)30-2)8-5-3-4-7-25-31(27,28)17-12-18(22)21(23)24-13-17/h10-13,25H,3-9,14H2,1-2H3. The Labute approximate surface area is 197 Å². The number of hydrogen-bond donors (Lipinski definition) is 1. The monoisotopic (exact) mass is 531 g/mol. The van der Waals surface area contributed by atoms with Crippen molar-refractivity contribution in [3.63, 3.8) is 0 Å². The predicted octanol–water partition coefficient (Wildman–Crippen LogP) is 4.02. The maximum absolute atomic E-state index is 12.3. The molecular formula is C21H27BrClN3O4S. The summed E-state index contributed by atoms with van der Waals surface area (Å²) >= 11 is 9.02. The van der Waals surface area contributed by atoms with Gasteiger partial charge >= 0.3 is 0 Å². The maximum atomic E-state index is 12.3. The molecule has 0 saturated carbocycles. The SMILES string of the molecule is COc1cc2c(cc1OC)CN(CCCCCNS(=O)(=O)c1cnc(Cl)c(Br)c1)CC2. The van der Waals surface area contributed by atoms with E-state index < -0.39 is 10.0 Å². The number of benzene rings is 1. The summed E-state index contributed by atoms with van der Waals surface area (Å²) in [6.45, 7) is 3.27. The number of sulfonamides is 1. The van der Waals surface area contributed by atoms with E-state index in [0.717, 1.165) is 56.8 Å². The van der Waals surface area contributed by atoms with E-state index in [1.54, 1.807) is 14.2 Å². The summed E-state index contributed by atoms with van der Waals surface area (Å²) < 4.78 is 38.6. The summed E-state index contributed by atoms with van der Waals surface area (Å²) in [6, 6.07) is 5.60. The van der Waals surface area contributed by atoms with Gasteiger partial charge in [-0.05, 0) is 71.1 Å². The van der Waals surface area contributed by atoms with Crippen LogP contribution < -0.4 is 14.2 Å². The number of hydrogen-bond acceptors (Lipinski definition) is 6.